The summed E-state index contributed by atoms with van der Waals surface area (Å²) in [5.41, 5.74) is 1.89. The van der Waals surface area contributed by atoms with E-state index in [0.717, 1.165) is 69.8 Å². The minimum Gasteiger partial charge on any atom is -0.459 e. The topological polar surface area (TPSA) is 141 Å². The van der Waals surface area contributed by atoms with Gasteiger partial charge in [0.25, 0.3) is 5.69 Å². The Hall–Kier alpha value is -3.11. The largest absolute Gasteiger partial charge is 0.459 e. The van der Waals surface area contributed by atoms with E-state index in [2.05, 4.69) is 57.9 Å². The van der Waals surface area contributed by atoms with Crippen molar-refractivity contribution in [3.05, 3.63) is 63.5 Å². The Morgan fingerprint density at radius 1 is 1.04 bits per heavy atom. The molecular weight excluding hydrogens is 632 g/mol. The number of hydrogen-bond donors (Lipinski definition) is 2. The highest BCUT2D eigenvalue weighted by Gasteiger charge is 2.69. The van der Waals surface area contributed by atoms with Crippen LogP contribution in [-0.4, -0.2) is 48.8 Å². The maximum absolute atomic E-state index is 14.4. The number of rotatable bonds is 7. The number of benzene rings is 1. The van der Waals surface area contributed by atoms with Crippen LogP contribution >= 0.6 is 0 Å². The van der Waals surface area contributed by atoms with Gasteiger partial charge in [-0.25, -0.2) is 4.68 Å². The Bertz CT molecular complexity index is 1700. The molecule has 4 saturated carbocycles. The Kier molecular flexibility index (Phi) is 8.45. The number of esters is 1. The number of carbonyl (C=O) groups is 1. The predicted molar refractivity (Wildman–Crippen MR) is 188 cm³/mol. The number of ether oxygens (including phenoxy) is 1. The number of fused-ring (bicyclic) bond motifs is 7. The van der Waals surface area contributed by atoms with E-state index in [1.54, 1.807) is 16.9 Å². The standard InChI is InChI=1S/C40H56N4O6/c1-35(2)16-18-40(34(47)50-24-27-23-43(42-41-27)22-26-8-7-9-28(20-26)44(48)49)19-17-38(5)29(30(40)21-35)10-11-32-36(3)14-13-33(46)37(4,25-45)31(36)12-15-39(32,38)6/h7-10,20,23,30-33,45-46H,11-19,21-22,24-25H2,1-6H3/t30-,31+,32+,33-,36-,37-,38+,39+,40-/m0/s1. The van der Waals surface area contributed by atoms with E-state index in [9.17, 15) is 25.1 Å². The number of allylic oxidation sites excluding steroid dienone is 2. The summed E-state index contributed by atoms with van der Waals surface area (Å²) in [6.07, 6.45) is 13.1. The fraction of sp³-hybridized carbons (Fsp3) is 0.725. The lowest BCUT2D eigenvalue weighted by Crippen LogP contribution is -2.66. The van der Waals surface area contributed by atoms with Gasteiger partial charge in [0.1, 0.15) is 12.3 Å². The van der Waals surface area contributed by atoms with Crippen molar-refractivity contribution >= 4 is 11.7 Å². The fourth-order valence-electron chi connectivity index (χ4n) is 12.4. The molecule has 0 spiro atoms. The lowest BCUT2D eigenvalue weighted by molar-refractivity contribution is -0.384. The summed E-state index contributed by atoms with van der Waals surface area (Å²) in [6, 6.07) is 6.47. The number of aliphatic hydroxyl groups is 2. The van der Waals surface area contributed by atoms with E-state index in [4.69, 9.17) is 4.74 Å². The number of carbonyl (C=O) groups excluding carboxylic acids is 1. The lowest BCUT2D eigenvalue weighted by atomic mass is 9.33. The Morgan fingerprint density at radius 2 is 1.80 bits per heavy atom. The number of nitro benzene ring substituents is 1. The molecule has 50 heavy (non-hydrogen) atoms. The minimum absolute atomic E-state index is 0.0200. The van der Waals surface area contributed by atoms with E-state index in [-0.39, 0.29) is 58.4 Å². The van der Waals surface area contributed by atoms with E-state index in [1.165, 1.54) is 17.7 Å². The van der Waals surface area contributed by atoms with Gasteiger partial charge in [0.2, 0.25) is 0 Å². The molecule has 1 heterocycles. The van der Waals surface area contributed by atoms with Crippen LogP contribution in [0.4, 0.5) is 5.69 Å². The third-order valence-electron chi connectivity index (χ3n) is 15.6. The van der Waals surface area contributed by atoms with E-state index in [0.29, 0.717) is 18.2 Å². The molecule has 10 nitrogen and oxygen atoms in total. The van der Waals surface area contributed by atoms with Crippen LogP contribution < -0.4 is 0 Å². The monoisotopic (exact) mass is 688 g/mol. The molecular formula is C40H56N4O6. The maximum atomic E-state index is 14.4. The van der Waals surface area contributed by atoms with Crippen molar-refractivity contribution in [1.29, 1.82) is 0 Å². The van der Waals surface area contributed by atoms with Gasteiger partial charge in [-0.1, -0.05) is 70.5 Å². The lowest BCUT2D eigenvalue weighted by Gasteiger charge is -2.71. The van der Waals surface area contributed by atoms with Crippen LogP contribution in [0.2, 0.25) is 0 Å². The number of aromatic nitrogens is 3. The number of nitro groups is 1. The van der Waals surface area contributed by atoms with E-state index >= 15 is 0 Å². The van der Waals surface area contributed by atoms with Gasteiger partial charge in [0, 0.05) is 17.5 Å². The molecule has 272 valence electrons. The summed E-state index contributed by atoms with van der Waals surface area (Å²) in [7, 11) is 0. The number of aliphatic hydroxyl groups excluding tert-OH is 2. The zero-order chi connectivity index (χ0) is 35.9. The summed E-state index contributed by atoms with van der Waals surface area (Å²) in [4.78, 5) is 25.2. The molecule has 4 fully saturated rings. The van der Waals surface area contributed by atoms with Gasteiger partial charge in [-0.15, -0.1) is 5.10 Å². The molecule has 0 radical (unpaired) electrons. The van der Waals surface area contributed by atoms with Crippen molar-refractivity contribution in [2.45, 2.75) is 125 Å². The Balaban J connectivity index is 1.14. The average molecular weight is 689 g/mol. The van der Waals surface area contributed by atoms with Crippen LogP contribution in [0, 0.1) is 60.4 Å². The van der Waals surface area contributed by atoms with Crippen molar-refractivity contribution in [2.24, 2.45) is 50.2 Å². The second-order valence-electron chi connectivity index (χ2n) is 18.5. The first kappa shape index (κ1) is 35.3. The Labute approximate surface area is 296 Å². The zero-order valence-corrected chi connectivity index (χ0v) is 30.8. The second-order valence-corrected chi connectivity index (χ2v) is 18.5. The first-order valence-electron chi connectivity index (χ1n) is 18.8. The SMILES string of the molecule is CC1(C)CC[C@]2(C(=O)OCc3cn(Cc4cccc([N+](=O)[O-])c4)nn3)CC[C@]3(C)C(=CC[C@@H]4[C@@]5(C)CC[C@H](O)[C@@](C)(CO)[C@@H]5CC[C@]43C)[C@@H]2C1. The van der Waals surface area contributed by atoms with Crippen LogP contribution in [0.25, 0.3) is 0 Å². The van der Waals surface area contributed by atoms with Crippen LogP contribution in [0.5, 0.6) is 0 Å². The normalized spacial score (nSPS) is 40.4. The van der Waals surface area contributed by atoms with Gasteiger partial charge in [0.15, 0.2) is 0 Å². The summed E-state index contributed by atoms with van der Waals surface area (Å²) >= 11 is 0. The third kappa shape index (κ3) is 5.21. The van der Waals surface area contributed by atoms with Gasteiger partial charge >= 0.3 is 5.97 Å². The smallest absolute Gasteiger partial charge is 0.313 e. The minimum atomic E-state index is -0.575. The molecule has 1 aromatic carbocycles. The molecule has 0 saturated heterocycles. The van der Waals surface area contributed by atoms with Crippen LogP contribution in [0.3, 0.4) is 0 Å². The van der Waals surface area contributed by atoms with Gasteiger partial charge in [-0.2, -0.15) is 0 Å². The summed E-state index contributed by atoms with van der Waals surface area (Å²) < 4.78 is 7.79. The zero-order valence-electron chi connectivity index (χ0n) is 30.8. The molecule has 5 aliphatic rings. The molecule has 7 rings (SSSR count). The van der Waals surface area contributed by atoms with Crippen molar-refractivity contribution < 1.29 is 24.7 Å². The quantitative estimate of drug-likeness (QED) is 0.133. The summed E-state index contributed by atoms with van der Waals surface area (Å²) in [5, 5.41) is 41.4. The first-order valence-corrected chi connectivity index (χ1v) is 18.8. The second kappa shape index (κ2) is 12.0. The van der Waals surface area contributed by atoms with Crippen molar-refractivity contribution in [1.82, 2.24) is 15.0 Å². The molecule has 5 aliphatic carbocycles. The van der Waals surface area contributed by atoms with Crippen molar-refractivity contribution in [3.63, 3.8) is 0 Å². The molecule has 10 heteroatoms. The van der Waals surface area contributed by atoms with Crippen LogP contribution in [0.1, 0.15) is 117 Å². The highest BCUT2D eigenvalue weighted by molar-refractivity contribution is 5.78. The van der Waals surface area contributed by atoms with Gasteiger partial charge in [-0.05, 0) is 109 Å². The maximum Gasteiger partial charge on any atom is 0.313 e. The molecule has 0 amide bonds. The van der Waals surface area contributed by atoms with Gasteiger partial charge in [0.05, 0.1) is 35.8 Å². The van der Waals surface area contributed by atoms with E-state index < -0.39 is 21.9 Å². The molecule has 2 N–H and O–H groups in total. The Morgan fingerprint density at radius 3 is 2.54 bits per heavy atom. The highest BCUT2D eigenvalue weighted by atomic mass is 16.6. The highest BCUT2D eigenvalue weighted by Crippen LogP contribution is 2.75. The number of hydrogen-bond acceptors (Lipinski definition) is 8. The van der Waals surface area contributed by atoms with Crippen molar-refractivity contribution in [3.8, 4) is 0 Å². The van der Waals surface area contributed by atoms with Gasteiger partial charge in [-0.3, -0.25) is 14.9 Å². The van der Waals surface area contributed by atoms with Crippen LogP contribution in [-0.2, 0) is 22.7 Å². The number of nitrogens with zero attached hydrogens (tertiary/aromatic N) is 4. The molecule has 0 aliphatic heterocycles. The number of non-ortho nitro benzene ring substituents is 1. The third-order valence-corrected chi connectivity index (χ3v) is 15.6. The predicted octanol–water partition coefficient (Wildman–Crippen LogP) is 7.41. The van der Waals surface area contributed by atoms with Gasteiger partial charge < -0.3 is 14.9 Å². The van der Waals surface area contributed by atoms with E-state index in [1.807, 2.05) is 6.07 Å². The fourth-order valence-corrected chi connectivity index (χ4v) is 12.4. The average Bonchev–Trinajstić information content (AvgIpc) is 3.52. The molecule has 0 unspecified atom stereocenters. The van der Waals surface area contributed by atoms with Crippen molar-refractivity contribution in [2.75, 3.05) is 6.61 Å². The molecule has 0 bridgehead atoms. The summed E-state index contributed by atoms with van der Waals surface area (Å²) in [6.45, 7) is 14.7. The molecule has 1 aromatic heterocycles. The molecule has 9 atom stereocenters. The first-order chi connectivity index (χ1) is 23.5. The van der Waals surface area contributed by atoms with Crippen LogP contribution in [0.15, 0.2) is 42.1 Å². The molecule has 2 aromatic rings. The summed E-state index contributed by atoms with van der Waals surface area (Å²) in [5.74, 6) is 0.704.